The maximum absolute atomic E-state index is 16.4. The minimum Gasteiger partial charge on any atom is -0.389 e. The Bertz CT molecular complexity index is 1650. The zero-order valence-electron chi connectivity index (χ0n) is 19.5. The molecule has 3 aliphatic heterocycles. The summed E-state index contributed by atoms with van der Waals surface area (Å²) in [5, 5.41) is 10.6. The molecule has 188 valence electrons. The van der Waals surface area contributed by atoms with Gasteiger partial charge in [-0.3, -0.25) is 9.88 Å². The van der Waals surface area contributed by atoms with E-state index in [1.165, 1.54) is 0 Å². The van der Waals surface area contributed by atoms with Gasteiger partial charge in [-0.25, -0.2) is 23.1 Å². The number of hydrogen-bond acceptors (Lipinski definition) is 9. The van der Waals surface area contributed by atoms with E-state index >= 15 is 4.39 Å². The van der Waals surface area contributed by atoms with Crippen LogP contribution in [-0.4, -0.2) is 58.2 Å². The van der Waals surface area contributed by atoms with Crippen LogP contribution in [0.5, 0.6) is 0 Å². The molecule has 12 heteroatoms. The number of ether oxygens (including phenoxy) is 1. The van der Waals surface area contributed by atoms with Gasteiger partial charge in [-0.1, -0.05) is 0 Å². The van der Waals surface area contributed by atoms with E-state index < -0.39 is 17.8 Å². The molecule has 6 heterocycles. The van der Waals surface area contributed by atoms with Crippen LogP contribution >= 0.6 is 11.3 Å². The summed E-state index contributed by atoms with van der Waals surface area (Å²) in [6, 6.07) is 2.24. The molecule has 3 aromatic heterocycles. The van der Waals surface area contributed by atoms with E-state index in [-0.39, 0.29) is 56.7 Å². The minimum atomic E-state index is -0.783. The molecule has 2 saturated heterocycles. The molecular formula is C25H20F3N7OS. The Labute approximate surface area is 213 Å². The van der Waals surface area contributed by atoms with E-state index in [9.17, 15) is 14.0 Å². The highest BCUT2D eigenvalue weighted by molar-refractivity contribution is 7.23. The van der Waals surface area contributed by atoms with Crippen molar-refractivity contribution in [2.45, 2.75) is 31.8 Å². The Hall–Kier alpha value is -3.53. The van der Waals surface area contributed by atoms with Gasteiger partial charge in [-0.2, -0.15) is 5.26 Å². The summed E-state index contributed by atoms with van der Waals surface area (Å²) in [7, 11) is 0. The third kappa shape index (κ3) is 3.31. The molecule has 0 amide bonds. The lowest BCUT2D eigenvalue weighted by Crippen LogP contribution is -2.59. The van der Waals surface area contributed by atoms with Crippen molar-refractivity contribution in [2.75, 3.05) is 36.8 Å². The number of hydrogen-bond donors (Lipinski definition) is 1. The quantitative estimate of drug-likeness (QED) is 0.431. The first-order chi connectivity index (χ1) is 17.9. The largest absolute Gasteiger partial charge is 0.389 e. The van der Waals surface area contributed by atoms with Crippen LogP contribution in [0.1, 0.15) is 23.1 Å². The molecule has 2 fully saturated rings. The van der Waals surface area contributed by atoms with Gasteiger partial charge in [-0.05, 0) is 17.5 Å². The van der Waals surface area contributed by atoms with Crippen LogP contribution < -0.4 is 10.6 Å². The molecule has 3 aliphatic rings. The molecule has 2 N–H and O–H groups in total. The monoisotopic (exact) mass is 523 g/mol. The van der Waals surface area contributed by atoms with Crippen LogP contribution in [0.2, 0.25) is 0 Å². The number of nitriles is 1. The number of likely N-dealkylation sites (tertiary alicyclic amines) is 1. The van der Waals surface area contributed by atoms with Crippen molar-refractivity contribution in [3.05, 3.63) is 40.7 Å². The topological polar surface area (TPSA) is 104 Å². The number of benzene rings is 1. The molecule has 0 aliphatic carbocycles. The molecular weight excluding hydrogens is 503 g/mol. The van der Waals surface area contributed by atoms with Crippen LogP contribution in [0.4, 0.5) is 24.1 Å². The molecule has 1 aromatic carbocycles. The highest BCUT2D eigenvalue weighted by Gasteiger charge is 2.37. The fourth-order valence-electron chi connectivity index (χ4n) is 5.62. The number of halogens is 3. The molecule has 7 rings (SSSR count). The molecule has 0 spiro atoms. The second-order valence-electron chi connectivity index (χ2n) is 9.62. The number of aromatic nitrogens is 3. The molecule has 0 bridgehead atoms. The standard InChI is InChI=1S/C25H20F3N7OS/c26-11-1-2-34(6-11)12-7-35(8-12)25-32-4-14-15-9-36-10-16(15)18(20(28)21(14)33-25)22-19-13(3-29)24(30)37-23(19)17(27)5-31-22/h4-5,11-12H,1-2,6-10,30H2/t11-/m0/s1. The molecule has 8 nitrogen and oxygen atoms in total. The number of rotatable bonds is 3. The van der Waals surface area contributed by atoms with Crippen LogP contribution in [-0.2, 0) is 18.0 Å². The Kier molecular flexibility index (Phi) is 5.04. The average molecular weight is 524 g/mol. The van der Waals surface area contributed by atoms with Crippen molar-refractivity contribution >= 4 is 43.3 Å². The van der Waals surface area contributed by atoms with E-state index in [4.69, 9.17) is 10.5 Å². The molecule has 0 radical (unpaired) electrons. The third-order valence-electron chi connectivity index (χ3n) is 7.56. The predicted molar refractivity (Wildman–Crippen MR) is 133 cm³/mol. The second kappa shape index (κ2) is 8.24. The Morgan fingerprint density at radius 1 is 1.14 bits per heavy atom. The van der Waals surface area contributed by atoms with E-state index in [1.54, 1.807) is 6.20 Å². The average Bonchev–Trinajstić information content (AvgIpc) is 3.58. The van der Waals surface area contributed by atoms with Crippen LogP contribution in [0.3, 0.4) is 0 Å². The van der Waals surface area contributed by atoms with E-state index in [0.29, 0.717) is 43.0 Å². The summed E-state index contributed by atoms with van der Waals surface area (Å²) in [5.74, 6) is -0.868. The molecule has 4 aromatic rings. The third-order valence-corrected chi connectivity index (χ3v) is 8.58. The Morgan fingerprint density at radius 2 is 1.95 bits per heavy atom. The van der Waals surface area contributed by atoms with Crippen molar-refractivity contribution in [3.63, 3.8) is 0 Å². The second-order valence-corrected chi connectivity index (χ2v) is 10.7. The summed E-state index contributed by atoms with van der Waals surface area (Å²) in [4.78, 5) is 17.4. The summed E-state index contributed by atoms with van der Waals surface area (Å²) < 4.78 is 50.4. The van der Waals surface area contributed by atoms with Gasteiger partial charge in [0, 0.05) is 54.8 Å². The summed E-state index contributed by atoms with van der Waals surface area (Å²) in [5.41, 5.74) is 7.77. The maximum Gasteiger partial charge on any atom is 0.226 e. The lowest BCUT2D eigenvalue weighted by atomic mass is 9.94. The number of fused-ring (bicyclic) bond motifs is 4. The number of nitrogens with two attached hydrogens (primary N) is 1. The summed E-state index contributed by atoms with van der Waals surface area (Å²) in [6.45, 7) is 2.84. The van der Waals surface area contributed by atoms with Gasteiger partial charge in [0.2, 0.25) is 5.95 Å². The van der Waals surface area contributed by atoms with E-state index in [0.717, 1.165) is 29.6 Å². The minimum absolute atomic E-state index is 0.0709. The van der Waals surface area contributed by atoms with Crippen LogP contribution in [0, 0.1) is 23.0 Å². The van der Waals surface area contributed by atoms with Gasteiger partial charge in [0.1, 0.15) is 22.8 Å². The first-order valence-corrected chi connectivity index (χ1v) is 12.7. The summed E-state index contributed by atoms with van der Waals surface area (Å²) in [6.07, 6.45) is 2.40. The van der Waals surface area contributed by atoms with Crippen LogP contribution in [0.25, 0.3) is 32.2 Å². The van der Waals surface area contributed by atoms with E-state index in [2.05, 4.69) is 19.9 Å². The van der Waals surface area contributed by atoms with Crippen molar-refractivity contribution in [1.29, 1.82) is 5.26 Å². The Balaban J connectivity index is 1.36. The highest BCUT2D eigenvalue weighted by atomic mass is 32.1. The smallest absolute Gasteiger partial charge is 0.226 e. The number of thiophene rings is 1. The van der Waals surface area contributed by atoms with Crippen molar-refractivity contribution < 1.29 is 17.9 Å². The van der Waals surface area contributed by atoms with Gasteiger partial charge in [0.15, 0.2) is 11.6 Å². The predicted octanol–water partition coefficient (Wildman–Crippen LogP) is 3.90. The first-order valence-electron chi connectivity index (χ1n) is 11.9. The molecule has 0 saturated carbocycles. The number of nitrogen functional groups attached to an aromatic ring is 1. The zero-order valence-corrected chi connectivity index (χ0v) is 20.3. The fourth-order valence-corrected chi connectivity index (χ4v) is 6.54. The number of pyridine rings is 1. The van der Waals surface area contributed by atoms with Gasteiger partial charge in [0.25, 0.3) is 0 Å². The van der Waals surface area contributed by atoms with Crippen molar-refractivity contribution in [3.8, 4) is 17.3 Å². The fraction of sp³-hybridized carbons (Fsp3) is 0.360. The lowest BCUT2D eigenvalue weighted by molar-refractivity contribution is 0.135. The number of nitrogens with zero attached hydrogens (tertiary/aromatic N) is 6. The number of anilines is 2. The normalized spacial score (nSPS) is 20.1. The van der Waals surface area contributed by atoms with Crippen molar-refractivity contribution in [1.82, 2.24) is 19.9 Å². The summed E-state index contributed by atoms with van der Waals surface area (Å²) >= 11 is 0.936. The zero-order chi connectivity index (χ0) is 25.4. The lowest BCUT2D eigenvalue weighted by Gasteiger charge is -2.44. The van der Waals surface area contributed by atoms with Gasteiger partial charge < -0.3 is 15.4 Å². The van der Waals surface area contributed by atoms with Gasteiger partial charge in [-0.15, -0.1) is 11.3 Å². The maximum atomic E-state index is 16.4. The van der Waals surface area contributed by atoms with Crippen molar-refractivity contribution in [2.24, 2.45) is 0 Å². The number of alkyl halides is 1. The highest BCUT2D eigenvalue weighted by Crippen LogP contribution is 2.45. The van der Waals surface area contributed by atoms with Gasteiger partial charge in [0.05, 0.1) is 35.4 Å². The van der Waals surface area contributed by atoms with Crippen LogP contribution in [0.15, 0.2) is 12.4 Å². The molecule has 37 heavy (non-hydrogen) atoms. The molecule has 0 unspecified atom stereocenters. The van der Waals surface area contributed by atoms with E-state index in [1.807, 2.05) is 11.0 Å². The van der Waals surface area contributed by atoms with Gasteiger partial charge >= 0.3 is 0 Å². The SMILES string of the molecule is N#Cc1c(N)sc2c(F)cnc(-c3c4c(c5cnc(N6CC(N7CC[C@H](F)C7)C6)nc5c3F)COC4)c12. The molecule has 1 atom stereocenters. The first kappa shape index (κ1) is 22.7. The Morgan fingerprint density at radius 3 is 2.70 bits per heavy atom.